The van der Waals surface area contributed by atoms with Crippen LogP contribution in [0.3, 0.4) is 0 Å². The van der Waals surface area contributed by atoms with Gasteiger partial charge in [-0.15, -0.1) is 11.8 Å². The Labute approximate surface area is 301 Å². The number of aliphatic hydroxyl groups excluding tert-OH is 1. The van der Waals surface area contributed by atoms with E-state index in [9.17, 15) is 14.7 Å². The molecular formula is C39H60O8SSi. The average molecular weight is 718 g/mol. The van der Waals surface area contributed by atoms with Crippen LogP contribution in [-0.4, -0.2) is 73.4 Å². The Hall–Kier alpha value is -2.37. The minimum Gasteiger partial charge on any atom is -0.455 e. The van der Waals surface area contributed by atoms with Gasteiger partial charge in [0.25, 0.3) is 8.32 Å². The summed E-state index contributed by atoms with van der Waals surface area (Å²) in [5.41, 5.74) is -1.63. The van der Waals surface area contributed by atoms with E-state index in [1.165, 1.54) is 31.0 Å². The van der Waals surface area contributed by atoms with Crippen molar-refractivity contribution in [2.24, 2.45) is 5.92 Å². The highest BCUT2D eigenvalue weighted by atomic mass is 32.2. The molecule has 0 aromatic heterocycles. The lowest BCUT2D eigenvalue weighted by Gasteiger charge is -2.47. The van der Waals surface area contributed by atoms with Crippen molar-refractivity contribution in [1.29, 1.82) is 0 Å². The van der Waals surface area contributed by atoms with Crippen molar-refractivity contribution in [1.82, 2.24) is 0 Å². The monoisotopic (exact) mass is 717 g/mol. The Morgan fingerprint density at radius 3 is 2.00 bits per heavy atom. The molecule has 6 atom stereocenters. The molecule has 2 aromatic carbocycles. The Morgan fingerprint density at radius 1 is 0.898 bits per heavy atom. The average Bonchev–Trinajstić information content (AvgIpc) is 3.06. The zero-order valence-electron chi connectivity index (χ0n) is 31.8. The van der Waals surface area contributed by atoms with Crippen LogP contribution in [0.2, 0.25) is 5.04 Å². The molecule has 0 aliphatic carbocycles. The van der Waals surface area contributed by atoms with E-state index in [1.54, 1.807) is 27.7 Å². The molecule has 10 heteroatoms. The molecule has 2 aromatic rings. The second kappa shape index (κ2) is 18.7. The summed E-state index contributed by atoms with van der Waals surface area (Å²) in [4.78, 5) is 26.4. The molecule has 1 heterocycles. The predicted octanol–water partition coefficient (Wildman–Crippen LogP) is 7.63. The van der Waals surface area contributed by atoms with E-state index in [1.807, 2.05) is 36.4 Å². The zero-order valence-corrected chi connectivity index (χ0v) is 32.6. The summed E-state index contributed by atoms with van der Waals surface area (Å²) in [7, 11) is -3.06. The molecule has 0 saturated carbocycles. The Morgan fingerprint density at radius 2 is 1.47 bits per heavy atom. The van der Waals surface area contributed by atoms with Crippen LogP contribution in [-0.2, 0) is 28.2 Å². The summed E-state index contributed by atoms with van der Waals surface area (Å²) < 4.78 is 39.0. The second-order valence-electron chi connectivity index (χ2n) is 15.0. The van der Waals surface area contributed by atoms with E-state index < -0.39 is 61.8 Å². The minimum atomic E-state index is -3.06. The molecule has 3 rings (SSSR count). The fourth-order valence-electron chi connectivity index (χ4n) is 6.13. The third-order valence-electron chi connectivity index (χ3n) is 8.55. The van der Waals surface area contributed by atoms with E-state index in [2.05, 4.69) is 52.0 Å². The molecule has 8 nitrogen and oxygen atoms in total. The van der Waals surface area contributed by atoms with E-state index in [0.29, 0.717) is 0 Å². The summed E-state index contributed by atoms with van der Waals surface area (Å²) in [6.45, 7) is 15.3. The molecule has 2 unspecified atom stereocenters. The lowest BCUT2D eigenvalue weighted by atomic mass is 9.99. The standard InChI is InChI=1S/C39H60O8SSi/c1-10-11-12-13-14-21-26-48-36-32(40)34(46-37(42)47-38(4,5)6)33(45-35(41)28(2)3)31(44-36)27-43-49(39(7,8)9,29-22-17-15-18-23-29)30-24-19-16-20-25-30/h15-20,22-25,28,31-34,36,40H,10-14,21,26-27H2,1-9H3/t31-,32-,33-,34-,36?/m1/s1/i2D/t28?,31-,32-,33-,34-,36?. The first-order valence-electron chi connectivity index (χ1n) is 18.4. The smallest absolute Gasteiger partial charge is 0.455 e. The highest BCUT2D eigenvalue weighted by Gasteiger charge is 2.54. The first-order valence-corrected chi connectivity index (χ1v) is 20.7. The molecule has 0 amide bonds. The number of esters is 1. The van der Waals surface area contributed by atoms with Gasteiger partial charge in [-0.2, -0.15) is 0 Å². The number of unbranched alkanes of at least 4 members (excludes halogenated alkanes) is 5. The number of thioether (sulfide) groups is 1. The van der Waals surface area contributed by atoms with E-state index in [0.717, 1.165) is 35.4 Å². The number of rotatable bonds is 16. The Bertz CT molecular complexity index is 1260. The van der Waals surface area contributed by atoms with Gasteiger partial charge in [0.2, 0.25) is 0 Å². The lowest BCUT2D eigenvalue weighted by molar-refractivity contribution is -0.226. The van der Waals surface area contributed by atoms with Crippen molar-refractivity contribution >= 4 is 42.6 Å². The van der Waals surface area contributed by atoms with Crippen LogP contribution in [0.25, 0.3) is 0 Å². The number of ether oxygens (including phenoxy) is 4. The largest absolute Gasteiger partial charge is 0.509 e. The molecule has 49 heavy (non-hydrogen) atoms. The zero-order chi connectivity index (χ0) is 37.0. The van der Waals surface area contributed by atoms with Crippen LogP contribution < -0.4 is 10.4 Å². The Balaban J connectivity index is 2.04. The fourth-order valence-corrected chi connectivity index (χ4v) is 11.9. The van der Waals surface area contributed by atoms with Gasteiger partial charge in [0, 0.05) is 1.37 Å². The van der Waals surface area contributed by atoms with Gasteiger partial charge in [0.05, 0.1) is 12.5 Å². The topological polar surface area (TPSA) is 101 Å². The number of hydrogen-bond donors (Lipinski definition) is 1. The van der Waals surface area contributed by atoms with Crippen LogP contribution in [0.15, 0.2) is 60.7 Å². The molecule has 1 saturated heterocycles. The molecule has 1 aliphatic rings. The predicted molar refractivity (Wildman–Crippen MR) is 200 cm³/mol. The van der Waals surface area contributed by atoms with Crippen LogP contribution in [0, 0.1) is 5.92 Å². The number of benzene rings is 2. The van der Waals surface area contributed by atoms with Crippen LogP contribution >= 0.6 is 11.8 Å². The number of carbonyl (C=O) groups is 2. The van der Waals surface area contributed by atoms with Gasteiger partial charge >= 0.3 is 12.1 Å². The third-order valence-corrected chi connectivity index (χ3v) is 14.8. The summed E-state index contributed by atoms with van der Waals surface area (Å²) in [5.74, 6) is -0.657. The summed E-state index contributed by atoms with van der Waals surface area (Å²) in [6, 6.07) is 20.4. The van der Waals surface area contributed by atoms with Crippen molar-refractivity contribution in [3.63, 3.8) is 0 Å². The second-order valence-corrected chi connectivity index (χ2v) is 20.5. The highest BCUT2D eigenvalue weighted by molar-refractivity contribution is 7.99. The normalized spacial score (nSPS) is 22.6. The summed E-state index contributed by atoms with van der Waals surface area (Å²) >= 11 is 1.46. The van der Waals surface area contributed by atoms with Gasteiger partial charge in [-0.05, 0) is 48.4 Å². The third kappa shape index (κ3) is 11.6. The van der Waals surface area contributed by atoms with Gasteiger partial charge < -0.3 is 28.5 Å². The lowest BCUT2D eigenvalue weighted by Crippen LogP contribution is -2.68. The molecule has 1 N–H and O–H groups in total. The van der Waals surface area contributed by atoms with Crippen molar-refractivity contribution in [3.05, 3.63) is 60.7 Å². The van der Waals surface area contributed by atoms with E-state index in [-0.39, 0.29) is 18.5 Å². The van der Waals surface area contributed by atoms with Crippen molar-refractivity contribution in [2.45, 2.75) is 141 Å². The van der Waals surface area contributed by atoms with Gasteiger partial charge in [0.15, 0.2) is 12.2 Å². The molecule has 274 valence electrons. The van der Waals surface area contributed by atoms with Gasteiger partial charge in [-0.3, -0.25) is 4.79 Å². The maximum absolute atomic E-state index is 13.3. The minimum absolute atomic E-state index is 0.00450. The number of hydrogen-bond acceptors (Lipinski definition) is 9. The molecular weight excluding hydrogens is 657 g/mol. The van der Waals surface area contributed by atoms with Crippen LogP contribution in [0.4, 0.5) is 4.79 Å². The fraction of sp³-hybridized carbons (Fsp3) is 0.641. The first-order chi connectivity index (χ1) is 23.6. The maximum Gasteiger partial charge on any atom is 0.509 e. The van der Waals surface area contributed by atoms with Crippen molar-refractivity contribution < 1.29 is 39.4 Å². The van der Waals surface area contributed by atoms with E-state index in [4.69, 9.17) is 24.7 Å². The Kier molecular flexibility index (Phi) is 15.1. The summed E-state index contributed by atoms with van der Waals surface area (Å²) in [5, 5.41) is 13.5. The van der Waals surface area contributed by atoms with Gasteiger partial charge in [-0.25, -0.2) is 4.79 Å². The van der Waals surface area contributed by atoms with Gasteiger partial charge in [0.1, 0.15) is 23.2 Å². The number of carbonyl (C=O) groups excluding carboxylic acids is 2. The van der Waals surface area contributed by atoms with Crippen LogP contribution in [0.1, 0.15) is 102 Å². The SMILES string of the molecule is [2H]CC(C)C(=O)O[C@H]1[C@H](OC(=O)OC(C)(C)C)[C@@H](O)C(SCCCCCCCC)O[C@@H]1CO[Si](c1ccccc1)(c1ccccc1)C(C)(C)C. The molecule has 0 spiro atoms. The van der Waals surface area contributed by atoms with Gasteiger partial charge in [-0.1, -0.05) is 134 Å². The number of aliphatic hydroxyl groups is 1. The van der Waals surface area contributed by atoms with Crippen molar-refractivity contribution in [2.75, 3.05) is 12.4 Å². The van der Waals surface area contributed by atoms with E-state index >= 15 is 0 Å². The molecule has 1 fully saturated rings. The summed E-state index contributed by atoms with van der Waals surface area (Å²) in [6.07, 6.45) is 1.03. The molecule has 1 aliphatic heterocycles. The van der Waals surface area contributed by atoms with Crippen LogP contribution in [0.5, 0.6) is 0 Å². The molecule has 0 bridgehead atoms. The first kappa shape index (κ1) is 39.4. The highest BCUT2D eigenvalue weighted by Crippen LogP contribution is 2.39. The van der Waals surface area contributed by atoms with Crippen molar-refractivity contribution in [3.8, 4) is 0 Å². The molecule has 0 radical (unpaired) electrons. The quantitative estimate of drug-likeness (QED) is 0.107. The maximum atomic E-state index is 13.3.